The highest BCUT2D eigenvalue weighted by atomic mass is 16.5. The zero-order valence-electron chi connectivity index (χ0n) is 12.3. The second-order valence-electron chi connectivity index (χ2n) is 6.06. The van der Waals surface area contributed by atoms with Crippen molar-refractivity contribution < 1.29 is 4.74 Å². The summed E-state index contributed by atoms with van der Waals surface area (Å²) in [6.45, 7) is 6.04. The molecule has 4 nitrogen and oxygen atoms in total. The van der Waals surface area contributed by atoms with E-state index >= 15 is 0 Å². The molecule has 1 unspecified atom stereocenters. The van der Waals surface area contributed by atoms with Crippen LogP contribution in [0.3, 0.4) is 0 Å². The monoisotopic (exact) mass is 267 g/mol. The fourth-order valence-electron chi connectivity index (χ4n) is 3.06. The van der Waals surface area contributed by atoms with Crippen LogP contribution in [0.4, 0.5) is 0 Å². The van der Waals surface area contributed by atoms with Crippen LogP contribution in [0, 0.1) is 5.92 Å². The van der Waals surface area contributed by atoms with E-state index in [2.05, 4.69) is 16.8 Å². The van der Waals surface area contributed by atoms with Crippen molar-refractivity contribution in [2.75, 3.05) is 26.2 Å². The molecule has 1 saturated heterocycles. The van der Waals surface area contributed by atoms with Crippen molar-refractivity contribution in [1.82, 2.24) is 4.90 Å². The first-order valence-electron chi connectivity index (χ1n) is 7.92. The molecule has 0 aromatic carbocycles. The van der Waals surface area contributed by atoms with Crippen molar-refractivity contribution in [2.45, 2.75) is 58.0 Å². The summed E-state index contributed by atoms with van der Waals surface area (Å²) in [6.07, 6.45) is 9.23. The van der Waals surface area contributed by atoms with Crippen molar-refractivity contribution in [3.63, 3.8) is 0 Å². The second-order valence-corrected chi connectivity index (χ2v) is 6.06. The first kappa shape index (κ1) is 14.6. The normalized spacial score (nSPS) is 26.1. The second kappa shape index (κ2) is 7.73. The van der Waals surface area contributed by atoms with E-state index in [1.165, 1.54) is 38.5 Å². The molecule has 0 aromatic heterocycles. The van der Waals surface area contributed by atoms with E-state index in [4.69, 9.17) is 10.5 Å². The number of guanidine groups is 1. The molecular weight excluding hydrogens is 238 g/mol. The van der Waals surface area contributed by atoms with E-state index in [9.17, 15) is 0 Å². The van der Waals surface area contributed by atoms with E-state index in [-0.39, 0.29) is 0 Å². The Labute approximate surface area is 117 Å². The molecule has 0 spiro atoms. The van der Waals surface area contributed by atoms with Gasteiger partial charge in [0.2, 0.25) is 0 Å². The fraction of sp³-hybridized carbons (Fsp3) is 0.933. The van der Waals surface area contributed by atoms with Gasteiger partial charge in [0.15, 0.2) is 5.96 Å². The molecule has 0 amide bonds. The predicted octanol–water partition coefficient (Wildman–Crippen LogP) is 2.38. The third-order valence-electron chi connectivity index (χ3n) is 4.21. The lowest BCUT2D eigenvalue weighted by Crippen LogP contribution is -2.43. The largest absolute Gasteiger partial charge is 0.378 e. The van der Waals surface area contributed by atoms with E-state index in [0.717, 1.165) is 44.5 Å². The summed E-state index contributed by atoms with van der Waals surface area (Å²) in [5, 5.41) is 0. The molecule has 4 heteroatoms. The lowest BCUT2D eigenvalue weighted by atomic mass is 10.0. The Morgan fingerprint density at radius 1 is 1.26 bits per heavy atom. The van der Waals surface area contributed by atoms with Crippen molar-refractivity contribution in [1.29, 1.82) is 0 Å². The van der Waals surface area contributed by atoms with Crippen LogP contribution < -0.4 is 5.73 Å². The van der Waals surface area contributed by atoms with Crippen LogP contribution in [0.15, 0.2) is 4.99 Å². The van der Waals surface area contributed by atoms with Gasteiger partial charge in [-0.05, 0) is 38.0 Å². The van der Waals surface area contributed by atoms with Gasteiger partial charge in [0.25, 0.3) is 0 Å². The SMILES string of the molecule is CC1CCCN(C(N)=NCCCOC2CCCC2)C1. The van der Waals surface area contributed by atoms with Crippen molar-refractivity contribution in [3.8, 4) is 0 Å². The van der Waals surface area contributed by atoms with Gasteiger partial charge in [0.05, 0.1) is 6.10 Å². The third-order valence-corrected chi connectivity index (χ3v) is 4.21. The van der Waals surface area contributed by atoms with E-state index in [1.807, 2.05) is 0 Å². The Kier molecular flexibility index (Phi) is 5.95. The van der Waals surface area contributed by atoms with E-state index in [0.29, 0.717) is 6.10 Å². The zero-order valence-corrected chi connectivity index (χ0v) is 12.3. The maximum Gasteiger partial charge on any atom is 0.191 e. The van der Waals surface area contributed by atoms with Crippen LogP contribution in [-0.4, -0.2) is 43.2 Å². The number of piperidine rings is 1. The van der Waals surface area contributed by atoms with Crippen LogP contribution in [0.5, 0.6) is 0 Å². The Hall–Kier alpha value is -0.770. The van der Waals surface area contributed by atoms with Gasteiger partial charge in [0, 0.05) is 26.2 Å². The highest BCUT2D eigenvalue weighted by molar-refractivity contribution is 5.78. The first-order chi connectivity index (χ1) is 9.25. The molecule has 1 atom stereocenters. The standard InChI is InChI=1S/C15H29N3O/c1-13-6-4-10-18(12-13)15(16)17-9-5-11-19-14-7-2-3-8-14/h13-14H,2-12H2,1H3,(H2,16,17). The average molecular weight is 267 g/mol. The summed E-state index contributed by atoms with van der Waals surface area (Å²) < 4.78 is 5.82. The van der Waals surface area contributed by atoms with Gasteiger partial charge in [-0.1, -0.05) is 19.8 Å². The Balaban J connectivity index is 1.58. The summed E-state index contributed by atoms with van der Waals surface area (Å²) in [5.74, 6) is 1.47. The van der Waals surface area contributed by atoms with Crippen molar-refractivity contribution in [2.24, 2.45) is 16.6 Å². The minimum absolute atomic E-state index is 0.518. The fourth-order valence-corrected chi connectivity index (χ4v) is 3.06. The molecule has 1 aliphatic carbocycles. The topological polar surface area (TPSA) is 50.8 Å². The number of rotatable bonds is 5. The summed E-state index contributed by atoms with van der Waals surface area (Å²) in [5.41, 5.74) is 6.05. The molecule has 2 N–H and O–H groups in total. The van der Waals surface area contributed by atoms with Gasteiger partial charge >= 0.3 is 0 Å². The van der Waals surface area contributed by atoms with Gasteiger partial charge in [-0.15, -0.1) is 0 Å². The number of ether oxygens (including phenoxy) is 1. The summed E-state index contributed by atoms with van der Waals surface area (Å²) >= 11 is 0. The number of hydrogen-bond donors (Lipinski definition) is 1. The molecule has 110 valence electrons. The molecule has 2 fully saturated rings. The summed E-state index contributed by atoms with van der Waals surface area (Å²) in [7, 11) is 0. The summed E-state index contributed by atoms with van der Waals surface area (Å²) in [4.78, 5) is 6.71. The molecule has 2 rings (SSSR count). The Morgan fingerprint density at radius 3 is 2.79 bits per heavy atom. The van der Waals surface area contributed by atoms with Crippen LogP contribution in [0.2, 0.25) is 0 Å². The number of aliphatic imine (C=N–C) groups is 1. The maximum absolute atomic E-state index is 6.05. The van der Waals surface area contributed by atoms with Gasteiger partial charge in [-0.25, -0.2) is 0 Å². The molecule has 1 heterocycles. The number of nitrogens with zero attached hydrogens (tertiary/aromatic N) is 2. The van der Waals surface area contributed by atoms with E-state index < -0.39 is 0 Å². The predicted molar refractivity (Wildman–Crippen MR) is 79.3 cm³/mol. The molecule has 1 aliphatic heterocycles. The average Bonchev–Trinajstić information content (AvgIpc) is 2.91. The molecule has 0 aromatic rings. The van der Waals surface area contributed by atoms with Crippen LogP contribution in [0.1, 0.15) is 51.9 Å². The maximum atomic E-state index is 6.05. The Bertz CT molecular complexity index is 287. The lowest BCUT2D eigenvalue weighted by Gasteiger charge is -2.31. The molecule has 0 bridgehead atoms. The molecule has 2 aliphatic rings. The van der Waals surface area contributed by atoms with E-state index in [1.54, 1.807) is 0 Å². The first-order valence-corrected chi connectivity index (χ1v) is 7.92. The van der Waals surface area contributed by atoms with Crippen LogP contribution >= 0.6 is 0 Å². The number of nitrogens with two attached hydrogens (primary N) is 1. The highest BCUT2D eigenvalue weighted by Gasteiger charge is 2.17. The third kappa shape index (κ3) is 5.01. The smallest absolute Gasteiger partial charge is 0.191 e. The molecule has 0 radical (unpaired) electrons. The quantitative estimate of drug-likeness (QED) is 0.473. The Morgan fingerprint density at radius 2 is 2.05 bits per heavy atom. The van der Waals surface area contributed by atoms with Crippen molar-refractivity contribution in [3.05, 3.63) is 0 Å². The van der Waals surface area contributed by atoms with Gasteiger partial charge in [0.1, 0.15) is 0 Å². The van der Waals surface area contributed by atoms with Gasteiger partial charge in [-0.2, -0.15) is 0 Å². The van der Waals surface area contributed by atoms with Gasteiger partial charge in [-0.3, -0.25) is 4.99 Å². The zero-order chi connectivity index (χ0) is 13.5. The number of hydrogen-bond acceptors (Lipinski definition) is 2. The van der Waals surface area contributed by atoms with Crippen LogP contribution in [0.25, 0.3) is 0 Å². The minimum atomic E-state index is 0.518. The lowest BCUT2D eigenvalue weighted by molar-refractivity contribution is 0.0579. The minimum Gasteiger partial charge on any atom is -0.378 e. The molecule has 19 heavy (non-hydrogen) atoms. The van der Waals surface area contributed by atoms with Crippen molar-refractivity contribution >= 4 is 5.96 Å². The van der Waals surface area contributed by atoms with Crippen LogP contribution in [-0.2, 0) is 4.74 Å². The highest BCUT2D eigenvalue weighted by Crippen LogP contribution is 2.20. The molecular formula is C15H29N3O. The summed E-state index contributed by atoms with van der Waals surface area (Å²) in [6, 6.07) is 0. The van der Waals surface area contributed by atoms with Gasteiger partial charge < -0.3 is 15.4 Å². The number of likely N-dealkylation sites (tertiary alicyclic amines) is 1. The molecule has 1 saturated carbocycles.